The molecule has 1 aliphatic rings. The van der Waals surface area contributed by atoms with Crippen LogP contribution in [-0.2, 0) is 9.53 Å². The van der Waals surface area contributed by atoms with Crippen molar-refractivity contribution < 1.29 is 9.53 Å². The summed E-state index contributed by atoms with van der Waals surface area (Å²) in [5.41, 5.74) is 0. The van der Waals surface area contributed by atoms with E-state index in [1.165, 1.54) is 39.3 Å². The predicted octanol–water partition coefficient (Wildman–Crippen LogP) is 2.20. The third-order valence-electron chi connectivity index (χ3n) is 2.92. The van der Waals surface area contributed by atoms with Crippen molar-refractivity contribution in [2.24, 2.45) is 0 Å². The molecule has 0 spiro atoms. The zero-order valence-corrected chi connectivity index (χ0v) is 10.00. The molecule has 3 nitrogen and oxygen atoms in total. The van der Waals surface area contributed by atoms with Crippen molar-refractivity contribution in [2.75, 3.05) is 20.2 Å². The topological polar surface area (TPSA) is 29.5 Å². The van der Waals surface area contributed by atoms with Crippen LogP contribution in [0.1, 0.15) is 45.4 Å². The molecule has 0 atom stereocenters. The SMILES string of the molecule is CCCCN(CCCC(=O)OC)C1CC1. The number of esters is 1. The number of nitrogens with zero attached hydrogens (tertiary/aromatic N) is 1. The first-order valence-corrected chi connectivity index (χ1v) is 6.08. The van der Waals surface area contributed by atoms with Gasteiger partial charge in [-0.3, -0.25) is 4.79 Å². The highest BCUT2D eigenvalue weighted by Crippen LogP contribution is 2.27. The first-order chi connectivity index (χ1) is 7.27. The summed E-state index contributed by atoms with van der Waals surface area (Å²) >= 11 is 0. The van der Waals surface area contributed by atoms with Crippen molar-refractivity contribution >= 4 is 5.97 Å². The molecule has 1 aliphatic carbocycles. The zero-order valence-electron chi connectivity index (χ0n) is 10.00. The molecule has 0 aliphatic heterocycles. The van der Waals surface area contributed by atoms with Gasteiger partial charge in [0.15, 0.2) is 0 Å². The van der Waals surface area contributed by atoms with E-state index in [-0.39, 0.29) is 5.97 Å². The molecule has 1 fully saturated rings. The van der Waals surface area contributed by atoms with Gasteiger partial charge in [-0.1, -0.05) is 13.3 Å². The van der Waals surface area contributed by atoms with Crippen LogP contribution in [0.2, 0.25) is 0 Å². The number of methoxy groups -OCH3 is 1. The molecular formula is C12H23NO2. The molecule has 0 aromatic heterocycles. The minimum atomic E-state index is -0.0822. The standard InChI is InChI=1S/C12H23NO2/c1-3-4-9-13(11-7-8-11)10-5-6-12(14)15-2/h11H,3-10H2,1-2H3. The van der Waals surface area contributed by atoms with Gasteiger partial charge in [0.05, 0.1) is 7.11 Å². The summed E-state index contributed by atoms with van der Waals surface area (Å²) in [7, 11) is 1.46. The van der Waals surface area contributed by atoms with Crippen molar-refractivity contribution in [3.05, 3.63) is 0 Å². The molecule has 1 saturated carbocycles. The smallest absolute Gasteiger partial charge is 0.305 e. The van der Waals surface area contributed by atoms with Gasteiger partial charge < -0.3 is 9.64 Å². The lowest BCUT2D eigenvalue weighted by Gasteiger charge is -2.21. The van der Waals surface area contributed by atoms with Crippen LogP contribution in [0.3, 0.4) is 0 Å². The molecule has 3 heteroatoms. The fraction of sp³-hybridized carbons (Fsp3) is 0.917. The van der Waals surface area contributed by atoms with Crippen LogP contribution in [0, 0.1) is 0 Å². The van der Waals surface area contributed by atoms with E-state index in [1.807, 2.05) is 0 Å². The second-order valence-electron chi connectivity index (χ2n) is 4.30. The van der Waals surface area contributed by atoms with E-state index in [0.717, 1.165) is 19.0 Å². The zero-order chi connectivity index (χ0) is 11.1. The summed E-state index contributed by atoms with van der Waals surface area (Å²) in [4.78, 5) is 13.5. The van der Waals surface area contributed by atoms with Crippen molar-refractivity contribution in [1.82, 2.24) is 4.90 Å². The molecule has 0 bridgehead atoms. The lowest BCUT2D eigenvalue weighted by molar-refractivity contribution is -0.140. The summed E-state index contributed by atoms with van der Waals surface area (Å²) in [6, 6.07) is 0.814. The van der Waals surface area contributed by atoms with Crippen LogP contribution < -0.4 is 0 Å². The summed E-state index contributed by atoms with van der Waals surface area (Å²) in [5, 5.41) is 0. The third kappa shape index (κ3) is 5.17. The van der Waals surface area contributed by atoms with E-state index in [2.05, 4.69) is 16.6 Å². The first-order valence-electron chi connectivity index (χ1n) is 6.08. The Kier molecular flexibility index (Phi) is 5.69. The first kappa shape index (κ1) is 12.5. The Hall–Kier alpha value is -0.570. The number of carbonyl (C=O) groups is 1. The van der Waals surface area contributed by atoms with Crippen molar-refractivity contribution in [1.29, 1.82) is 0 Å². The van der Waals surface area contributed by atoms with Gasteiger partial charge >= 0.3 is 5.97 Å². The summed E-state index contributed by atoms with van der Waals surface area (Å²) in [6.45, 7) is 4.47. The molecular weight excluding hydrogens is 190 g/mol. The summed E-state index contributed by atoms with van der Waals surface area (Å²) in [6.07, 6.45) is 6.72. The quantitative estimate of drug-likeness (QED) is 0.579. The Morgan fingerprint density at radius 3 is 2.53 bits per heavy atom. The second-order valence-corrected chi connectivity index (χ2v) is 4.30. The molecule has 88 valence electrons. The minimum Gasteiger partial charge on any atom is -0.469 e. The molecule has 0 heterocycles. The molecule has 0 radical (unpaired) electrons. The molecule has 0 aromatic carbocycles. The Bertz CT molecular complexity index is 190. The van der Waals surface area contributed by atoms with Crippen LogP contribution >= 0.6 is 0 Å². The van der Waals surface area contributed by atoms with Crippen molar-refractivity contribution in [3.63, 3.8) is 0 Å². The van der Waals surface area contributed by atoms with Gasteiger partial charge in [-0.2, -0.15) is 0 Å². The van der Waals surface area contributed by atoms with Crippen LogP contribution in [-0.4, -0.2) is 37.1 Å². The van der Waals surface area contributed by atoms with Crippen molar-refractivity contribution in [2.45, 2.75) is 51.5 Å². The van der Waals surface area contributed by atoms with Crippen LogP contribution in [0.25, 0.3) is 0 Å². The van der Waals surface area contributed by atoms with Gasteiger partial charge in [-0.25, -0.2) is 0 Å². The lowest BCUT2D eigenvalue weighted by atomic mass is 10.2. The summed E-state index contributed by atoms with van der Waals surface area (Å²) in [5.74, 6) is -0.0822. The van der Waals surface area contributed by atoms with E-state index in [1.54, 1.807) is 0 Å². The van der Waals surface area contributed by atoms with Crippen LogP contribution in [0.5, 0.6) is 0 Å². The van der Waals surface area contributed by atoms with E-state index in [9.17, 15) is 4.79 Å². The van der Waals surface area contributed by atoms with E-state index in [0.29, 0.717) is 6.42 Å². The van der Waals surface area contributed by atoms with Gasteiger partial charge in [0.2, 0.25) is 0 Å². The maximum atomic E-state index is 11.0. The number of unbranched alkanes of at least 4 members (excludes halogenated alkanes) is 1. The average Bonchev–Trinajstić information content (AvgIpc) is 3.06. The molecule has 0 amide bonds. The van der Waals surface area contributed by atoms with Crippen LogP contribution in [0.4, 0.5) is 0 Å². The van der Waals surface area contributed by atoms with Crippen LogP contribution in [0.15, 0.2) is 0 Å². The fourth-order valence-electron chi connectivity index (χ4n) is 1.81. The maximum Gasteiger partial charge on any atom is 0.305 e. The fourth-order valence-corrected chi connectivity index (χ4v) is 1.81. The van der Waals surface area contributed by atoms with Gasteiger partial charge in [0.25, 0.3) is 0 Å². The van der Waals surface area contributed by atoms with Gasteiger partial charge in [-0.15, -0.1) is 0 Å². The number of hydrogen-bond donors (Lipinski definition) is 0. The van der Waals surface area contributed by atoms with E-state index < -0.39 is 0 Å². The van der Waals surface area contributed by atoms with Crippen molar-refractivity contribution in [3.8, 4) is 0 Å². The number of rotatable bonds is 8. The Balaban J connectivity index is 2.11. The third-order valence-corrected chi connectivity index (χ3v) is 2.92. The second kappa shape index (κ2) is 6.83. The normalized spacial score (nSPS) is 15.7. The van der Waals surface area contributed by atoms with Gasteiger partial charge in [0.1, 0.15) is 0 Å². The molecule has 0 aromatic rings. The average molecular weight is 213 g/mol. The summed E-state index contributed by atoms with van der Waals surface area (Å²) < 4.78 is 4.63. The largest absolute Gasteiger partial charge is 0.469 e. The Morgan fingerprint density at radius 1 is 1.33 bits per heavy atom. The highest BCUT2D eigenvalue weighted by molar-refractivity contribution is 5.69. The highest BCUT2D eigenvalue weighted by Gasteiger charge is 2.27. The number of carbonyl (C=O) groups excluding carboxylic acids is 1. The maximum absolute atomic E-state index is 11.0. The molecule has 0 unspecified atom stereocenters. The molecule has 0 saturated heterocycles. The Labute approximate surface area is 92.8 Å². The highest BCUT2D eigenvalue weighted by atomic mass is 16.5. The van der Waals surface area contributed by atoms with Gasteiger partial charge in [0, 0.05) is 12.5 Å². The van der Waals surface area contributed by atoms with E-state index in [4.69, 9.17) is 0 Å². The molecule has 1 rings (SSSR count). The van der Waals surface area contributed by atoms with E-state index >= 15 is 0 Å². The Morgan fingerprint density at radius 2 is 2.00 bits per heavy atom. The lowest BCUT2D eigenvalue weighted by Crippen LogP contribution is -2.28. The minimum absolute atomic E-state index is 0.0822. The molecule has 15 heavy (non-hydrogen) atoms. The number of ether oxygens (including phenoxy) is 1. The van der Waals surface area contributed by atoms with Gasteiger partial charge in [-0.05, 0) is 38.8 Å². The predicted molar refractivity (Wildman–Crippen MR) is 60.8 cm³/mol. The monoisotopic (exact) mass is 213 g/mol. The number of hydrogen-bond acceptors (Lipinski definition) is 3. The molecule has 0 N–H and O–H groups in total.